The predicted octanol–water partition coefficient (Wildman–Crippen LogP) is 5.60. The molecule has 0 saturated heterocycles. The van der Waals surface area contributed by atoms with Gasteiger partial charge in [0.1, 0.15) is 12.4 Å². The molecule has 0 atom stereocenters. The zero-order valence-corrected chi connectivity index (χ0v) is 23.0. The number of anilines is 2. The summed E-state index contributed by atoms with van der Waals surface area (Å²) in [4.78, 5) is 27.9. The van der Waals surface area contributed by atoms with Gasteiger partial charge in [0, 0.05) is 37.4 Å². The van der Waals surface area contributed by atoms with Gasteiger partial charge in [-0.25, -0.2) is 9.48 Å². The molecular formula is C29H39N5O3. The molecule has 198 valence electrons. The molecule has 3 rings (SSSR count). The van der Waals surface area contributed by atoms with Crippen molar-refractivity contribution in [2.24, 2.45) is 0 Å². The van der Waals surface area contributed by atoms with E-state index >= 15 is 0 Å². The molecule has 2 aromatic carbocycles. The third kappa shape index (κ3) is 7.43. The van der Waals surface area contributed by atoms with E-state index in [0.29, 0.717) is 25.4 Å². The third-order valence-electron chi connectivity index (χ3n) is 6.24. The Morgan fingerprint density at radius 2 is 1.76 bits per heavy atom. The molecule has 1 aromatic heterocycles. The van der Waals surface area contributed by atoms with Crippen LogP contribution in [0.3, 0.4) is 0 Å². The van der Waals surface area contributed by atoms with Gasteiger partial charge in [0.2, 0.25) is 5.91 Å². The molecule has 0 fully saturated rings. The van der Waals surface area contributed by atoms with Crippen molar-refractivity contribution in [3.8, 4) is 5.69 Å². The maximum absolute atomic E-state index is 13.2. The van der Waals surface area contributed by atoms with Crippen LogP contribution in [0.5, 0.6) is 0 Å². The zero-order chi connectivity index (χ0) is 27.2. The normalized spacial score (nSPS) is 11.3. The fourth-order valence-corrected chi connectivity index (χ4v) is 3.88. The number of hydrogen-bond acceptors (Lipinski definition) is 4. The Bertz CT molecular complexity index is 1240. The SMILES string of the molecule is COCCCN(CC(=O)Nc1cc(C(C)(C)C)nn1-c1cccc(C)c1)C(=O)Nc1cccc(C)c1C. The Morgan fingerprint density at radius 1 is 1.03 bits per heavy atom. The molecule has 3 aromatic rings. The van der Waals surface area contributed by atoms with E-state index in [1.165, 1.54) is 4.90 Å². The number of benzene rings is 2. The van der Waals surface area contributed by atoms with Gasteiger partial charge in [-0.1, -0.05) is 45.0 Å². The number of nitrogens with one attached hydrogen (secondary N) is 2. The number of carbonyl (C=O) groups is 2. The molecule has 0 bridgehead atoms. The molecule has 0 unspecified atom stereocenters. The van der Waals surface area contributed by atoms with E-state index in [0.717, 1.165) is 33.8 Å². The highest BCUT2D eigenvalue weighted by Gasteiger charge is 2.23. The second-order valence-corrected chi connectivity index (χ2v) is 10.4. The maximum atomic E-state index is 13.2. The van der Waals surface area contributed by atoms with Crippen molar-refractivity contribution >= 4 is 23.4 Å². The fourth-order valence-electron chi connectivity index (χ4n) is 3.88. The monoisotopic (exact) mass is 505 g/mol. The molecule has 8 nitrogen and oxygen atoms in total. The Balaban J connectivity index is 1.82. The van der Waals surface area contributed by atoms with Gasteiger partial charge in [-0.05, 0) is 62.1 Å². The topological polar surface area (TPSA) is 88.5 Å². The molecule has 0 saturated carbocycles. The van der Waals surface area contributed by atoms with Crippen molar-refractivity contribution in [2.75, 3.05) is 37.4 Å². The smallest absolute Gasteiger partial charge is 0.322 e. The van der Waals surface area contributed by atoms with Gasteiger partial charge in [0.25, 0.3) is 0 Å². The van der Waals surface area contributed by atoms with Gasteiger partial charge in [0.15, 0.2) is 0 Å². The van der Waals surface area contributed by atoms with Crippen molar-refractivity contribution in [2.45, 2.75) is 53.4 Å². The summed E-state index contributed by atoms with van der Waals surface area (Å²) in [5.41, 5.74) is 5.41. The number of nitrogens with zero attached hydrogens (tertiary/aromatic N) is 3. The van der Waals surface area contributed by atoms with Crippen molar-refractivity contribution in [1.82, 2.24) is 14.7 Å². The van der Waals surface area contributed by atoms with Crippen LogP contribution in [0.1, 0.15) is 49.6 Å². The summed E-state index contributed by atoms with van der Waals surface area (Å²) in [5, 5.41) is 10.7. The van der Waals surface area contributed by atoms with Crippen molar-refractivity contribution in [3.05, 3.63) is 70.9 Å². The number of rotatable bonds is 9. The Morgan fingerprint density at radius 3 is 2.43 bits per heavy atom. The molecule has 0 radical (unpaired) electrons. The van der Waals surface area contributed by atoms with E-state index in [4.69, 9.17) is 9.84 Å². The number of amides is 3. The maximum Gasteiger partial charge on any atom is 0.322 e. The molecule has 8 heteroatoms. The van der Waals surface area contributed by atoms with E-state index in [1.807, 2.05) is 69.3 Å². The first kappa shape index (κ1) is 27.9. The van der Waals surface area contributed by atoms with Crippen molar-refractivity contribution in [3.63, 3.8) is 0 Å². The molecular weight excluding hydrogens is 466 g/mol. The minimum absolute atomic E-state index is 0.107. The Hall–Kier alpha value is -3.65. The van der Waals surface area contributed by atoms with Crippen LogP contribution in [-0.2, 0) is 14.9 Å². The number of methoxy groups -OCH3 is 1. The van der Waals surface area contributed by atoms with Crippen LogP contribution in [0.15, 0.2) is 48.5 Å². The summed E-state index contributed by atoms with van der Waals surface area (Å²) in [6, 6.07) is 15.3. The van der Waals surface area contributed by atoms with Crippen LogP contribution in [0.25, 0.3) is 5.69 Å². The van der Waals surface area contributed by atoms with Gasteiger partial charge in [-0.2, -0.15) is 5.10 Å². The molecule has 1 heterocycles. The largest absolute Gasteiger partial charge is 0.385 e. The molecule has 0 spiro atoms. The number of aryl methyl sites for hydroxylation is 2. The van der Waals surface area contributed by atoms with Crippen LogP contribution in [-0.4, -0.2) is 53.4 Å². The average Bonchev–Trinajstić information content (AvgIpc) is 3.26. The lowest BCUT2D eigenvalue weighted by Crippen LogP contribution is -2.41. The van der Waals surface area contributed by atoms with Crippen LogP contribution in [0.2, 0.25) is 0 Å². The van der Waals surface area contributed by atoms with Crippen molar-refractivity contribution in [1.29, 1.82) is 0 Å². The van der Waals surface area contributed by atoms with Gasteiger partial charge in [0.05, 0.1) is 11.4 Å². The molecule has 0 aliphatic rings. The van der Waals surface area contributed by atoms with Gasteiger partial charge in [-0.15, -0.1) is 0 Å². The first-order valence-corrected chi connectivity index (χ1v) is 12.6. The van der Waals surface area contributed by atoms with Crippen LogP contribution >= 0.6 is 0 Å². The lowest BCUT2D eigenvalue weighted by atomic mass is 9.92. The molecule has 3 amide bonds. The number of carbonyl (C=O) groups excluding carboxylic acids is 2. The second-order valence-electron chi connectivity index (χ2n) is 10.4. The average molecular weight is 506 g/mol. The first-order valence-electron chi connectivity index (χ1n) is 12.6. The molecule has 0 aliphatic carbocycles. The van der Waals surface area contributed by atoms with Crippen LogP contribution in [0, 0.1) is 20.8 Å². The van der Waals surface area contributed by atoms with Gasteiger partial charge in [-0.3, -0.25) is 4.79 Å². The lowest BCUT2D eigenvalue weighted by Gasteiger charge is -2.23. The fraction of sp³-hybridized carbons (Fsp3) is 0.414. The molecule has 37 heavy (non-hydrogen) atoms. The minimum Gasteiger partial charge on any atom is -0.385 e. The van der Waals surface area contributed by atoms with E-state index in [2.05, 4.69) is 31.4 Å². The van der Waals surface area contributed by atoms with Crippen LogP contribution < -0.4 is 10.6 Å². The summed E-state index contributed by atoms with van der Waals surface area (Å²) in [6.07, 6.45) is 0.611. The zero-order valence-electron chi connectivity index (χ0n) is 23.0. The van der Waals surface area contributed by atoms with Gasteiger partial charge < -0.3 is 20.3 Å². The van der Waals surface area contributed by atoms with Crippen LogP contribution in [0.4, 0.5) is 16.3 Å². The van der Waals surface area contributed by atoms with E-state index in [9.17, 15) is 9.59 Å². The Labute approximate surface area is 220 Å². The van der Waals surface area contributed by atoms with Crippen molar-refractivity contribution < 1.29 is 14.3 Å². The summed E-state index contributed by atoms with van der Waals surface area (Å²) in [6.45, 7) is 13.0. The standard InChI is InChI=1S/C29H39N5O3/c1-20-11-8-13-23(17-20)34-26(18-25(32-34)29(4,5)6)31-27(35)19-33(15-10-16-37-7)28(36)30-24-14-9-12-21(2)22(24)3/h8-9,11-14,17-18H,10,15-16,19H2,1-7H3,(H,30,36)(H,31,35). The first-order chi connectivity index (χ1) is 17.5. The quantitative estimate of drug-likeness (QED) is 0.370. The summed E-state index contributed by atoms with van der Waals surface area (Å²) < 4.78 is 6.91. The van der Waals surface area contributed by atoms with E-state index in [-0.39, 0.29) is 23.9 Å². The van der Waals surface area contributed by atoms with E-state index in [1.54, 1.807) is 11.8 Å². The molecule has 2 N–H and O–H groups in total. The van der Waals surface area contributed by atoms with Gasteiger partial charge >= 0.3 is 6.03 Å². The lowest BCUT2D eigenvalue weighted by molar-refractivity contribution is -0.116. The summed E-state index contributed by atoms with van der Waals surface area (Å²) >= 11 is 0. The highest BCUT2D eigenvalue weighted by Crippen LogP contribution is 2.26. The number of urea groups is 1. The summed E-state index contributed by atoms with van der Waals surface area (Å²) in [7, 11) is 1.62. The Kier molecular flexibility index (Phi) is 9.10. The third-order valence-corrected chi connectivity index (χ3v) is 6.24. The molecule has 0 aliphatic heterocycles. The highest BCUT2D eigenvalue weighted by molar-refractivity contribution is 5.97. The number of ether oxygens (including phenoxy) is 1. The van der Waals surface area contributed by atoms with E-state index < -0.39 is 0 Å². The highest BCUT2D eigenvalue weighted by atomic mass is 16.5. The second kappa shape index (κ2) is 12.1. The minimum atomic E-state index is -0.331. The number of aromatic nitrogens is 2. The number of hydrogen-bond donors (Lipinski definition) is 2. The summed E-state index contributed by atoms with van der Waals surface area (Å²) in [5.74, 6) is 0.259. The predicted molar refractivity (Wildman–Crippen MR) is 149 cm³/mol.